The van der Waals surface area contributed by atoms with Gasteiger partial charge in [0.25, 0.3) is 11.8 Å². The van der Waals surface area contributed by atoms with Gasteiger partial charge in [0.1, 0.15) is 5.82 Å². The van der Waals surface area contributed by atoms with Gasteiger partial charge in [-0.3, -0.25) is 15.0 Å². The third kappa shape index (κ3) is 4.57. The maximum absolute atomic E-state index is 13.2. The molecule has 8 nitrogen and oxygen atoms in total. The molecular weight excluding hydrogens is 411 g/mol. The highest BCUT2D eigenvalue weighted by Gasteiger charge is 2.17. The van der Waals surface area contributed by atoms with E-state index in [1.807, 2.05) is 0 Å². The Morgan fingerprint density at radius 1 is 0.844 bits per heavy atom. The summed E-state index contributed by atoms with van der Waals surface area (Å²) in [6.45, 7) is 0. The third-order valence-electron chi connectivity index (χ3n) is 4.43. The molecule has 3 aromatic carbocycles. The van der Waals surface area contributed by atoms with E-state index in [1.165, 1.54) is 24.3 Å². The number of nitrogens with zero attached hydrogens (tertiary/aromatic N) is 3. The van der Waals surface area contributed by atoms with E-state index in [9.17, 15) is 14.0 Å². The lowest BCUT2D eigenvalue weighted by molar-refractivity contribution is 0.0935. The number of aromatic nitrogens is 3. The SMILES string of the molecule is N=c1c(NC(=O)c2ccccc2)nc(Nc2ccc(F)cc2)nn1C(=O)c1ccccc1. The van der Waals surface area contributed by atoms with Gasteiger partial charge >= 0.3 is 0 Å². The summed E-state index contributed by atoms with van der Waals surface area (Å²) in [7, 11) is 0. The fourth-order valence-electron chi connectivity index (χ4n) is 2.85. The molecule has 4 rings (SSSR count). The standard InChI is InChI=1S/C23H17FN6O2/c24-17-11-13-18(14-12-17)26-23-28-20(27-21(31)15-7-3-1-4-8-15)19(25)30(29-23)22(32)16-9-5-2-6-10-16/h1-14,25H,(H2,26,27,28,29,31). The van der Waals surface area contributed by atoms with Crippen molar-refractivity contribution in [2.45, 2.75) is 0 Å². The van der Waals surface area contributed by atoms with Crippen LogP contribution >= 0.6 is 0 Å². The van der Waals surface area contributed by atoms with Crippen LogP contribution in [-0.4, -0.2) is 26.6 Å². The van der Waals surface area contributed by atoms with Gasteiger partial charge in [-0.1, -0.05) is 36.4 Å². The third-order valence-corrected chi connectivity index (χ3v) is 4.43. The average molecular weight is 428 g/mol. The minimum atomic E-state index is -0.574. The summed E-state index contributed by atoms with van der Waals surface area (Å²) in [5.41, 5.74) is 0.730. The number of anilines is 3. The molecular formula is C23H17FN6O2. The molecule has 0 atom stereocenters. The lowest BCUT2D eigenvalue weighted by atomic mass is 10.2. The maximum atomic E-state index is 13.2. The van der Waals surface area contributed by atoms with Crippen molar-refractivity contribution in [2.75, 3.05) is 10.6 Å². The molecule has 0 unspecified atom stereocenters. The van der Waals surface area contributed by atoms with Crippen molar-refractivity contribution in [1.29, 1.82) is 5.41 Å². The zero-order valence-electron chi connectivity index (χ0n) is 16.6. The Kier molecular flexibility index (Phi) is 5.80. The number of carbonyl (C=O) groups is 2. The number of benzene rings is 3. The fourth-order valence-corrected chi connectivity index (χ4v) is 2.85. The van der Waals surface area contributed by atoms with Crippen LogP contribution in [0.2, 0.25) is 0 Å². The maximum Gasteiger partial charge on any atom is 0.280 e. The van der Waals surface area contributed by atoms with Crippen molar-refractivity contribution in [1.82, 2.24) is 14.8 Å². The summed E-state index contributed by atoms with van der Waals surface area (Å²) in [5, 5.41) is 18.0. The Bertz CT molecular complexity index is 1320. The monoisotopic (exact) mass is 428 g/mol. The van der Waals surface area contributed by atoms with E-state index in [1.54, 1.807) is 60.7 Å². The molecule has 1 aromatic heterocycles. The summed E-state index contributed by atoms with van der Waals surface area (Å²) in [4.78, 5) is 29.8. The first kappa shape index (κ1) is 20.6. The molecule has 1 heterocycles. The number of halogens is 1. The van der Waals surface area contributed by atoms with Crippen LogP contribution in [0.4, 0.5) is 21.8 Å². The predicted octanol–water partition coefficient (Wildman–Crippen LogP) is 3.58. The number of amides is 1. The van der Waals surface area contributed by atoms with Gasteiger partial charge < -0.3 is 10.6 Å². The Hall–Kier alpha value is -4.66. The number of carbonyl (C=O) groups excluding carboxylic acids is 2. The number of hydrogen-bond acceptors (Lipinski definition) is 6. The van der Waals surface area contributed by atoms with Crippen molar-refractivity contribution in [2.24, 2.45) is 0 Å². The van der Waals surface area contributed by atoms with Gasteiger partial charge in [-0.15, -0.1) is 5.10 Å². The van der Waals surface area contributed by atoms with E-state index >= 15 is 0 Å². The highest BCUT2D eigenvalue weighted by molar-refractivity contribution is 6.04. The quantitative estimate of drug-likeness (QED) is 0.450. The summed E-state index contributed by atoms with van der Waals surface area (Å²) >= 11 is 0. The predicted molar refractivity (Wildman–Crippen MR) is 116 cm³/mol. The molecule has 0 aliphatic rings. The molecule has 0 saturated heterocycles. The van der Waals surface area contributed by atoms with E-state index in [0.717, 1.165) is 4.68 Å². The highest BCUT2D eigenvalue weighted by Crippen LogP contribution is 2.14. The van der Waals surface area contributed by atoms with Crippen LogP contribution in [-0.2, 0) is 0 Å². The second-order valence-corrected chi connectivity index (χ2v) is 6.67. The first-order valence-corrected chi connectivity index (χ1v) is 9.56. The summed E-state index contributed by atoms with van der Waals surface area (Å²) in [6.07, 6.45) is 0. The lowest BCUT2D eigenvalue weighted by Crippen LogP contribution is -2.34. The van der Waals surface area contributed by atoms with Gasteiger partial charge in [-0.2, -0.15) is 9.67 Å². The lowest BCUT2D eigenvalue weighted by Gasteiger charge is -2.12. The summed E-state index contributed by atoms with van der Waals surface area (Å²) in [6, 6.07) is 22.2. The topological polar surface area (TPSA) is 113 Å². The number of hydrogen-bond donors (Lipinski definition) is 3. The van der Waals surface area contributed by atoms with E-state index in [2.05, 4.69) is 20.7 Å². The minimum Gasteiger partial charge on any atom is -0.323 e. The van der Waals surface area contributed by atoms with Gasteiger partial charge in [0.05, 0.1) is 0 Å². The van der Waals surface area contributed by atoms with Crippen LogP contribution in [0.25, 0.3) is 0 Å². The van der Waals surface area contributed by atoms with Crippen LogP contribution in [0.15, 0.2) is 84.9 Å². The van der Waals surface area contributed by atoms with Crippen LogP contribution in [0.3, 0.4) is 0 Å². The Labute approximate surface area is 181 Å². The molecule has 0 spiro atoms. The zero-order valence-corrected chi connectivity index (χ0v) is 16.6. The highest BCUT2D eigenvalue weighted by atomic mass is 19.1. The van der Waals surface area contributed by atoms with Gasteiger partial charge in [0.2, 0.25) is 5.95 Å². The molecule has 0 aliphatic heterocycles. The first-order valence-electron chi connectivity index (χ1n) is 9.56. The molecule has 0 saturated carbocycles. The summed E-state index contributed by atoms with van der Waals surface area (Å²) in [5.74, 6) is -1.70. The molecule has 4 aromatic rings. The molecule has 0 radical (unpaired) electrons. The van der Waals surface area contributed by atoms with Gasteiger partial charge in [0.15, 0.2) is 11.3 Å². The van der Waals surface area contributed by atoms with Crippen LogP contribution in [0.1, 0.15) is 20.7 Å². The molecule has 0 fully saturated rings. The van der Waals surface area contributed by atoms with E-state index < -0.39 is 23.1 Å². The smallest absolute Gasteiger partial charge is 0.280 e. The van der Waals surface area contributed by atoms with E-state index in [0.29, 0.717) is 16.8 Å². The zero-order chi connectivity index (χ0) is 22.5. The molecule has 158 valence electrons. The van der Waals surface area contributed by atoms with Gasteiger partial charge in [-0.05, 0) is 48.5 Å². The van der Waals surface area contributed by atoms with Crippen molar-refractivity contribution in [3.63, 3.8) is 0 Å². The van der Waals surface area contributed by atoms with Crippen molar-refractivity contribution >= 4 is 29.3 Å². The van der Waals surface area contributed by atoms with Crippen molar-refractivity contribution in [3.05, 3.63) is 107 Å². The van der Waals surface area contributed by atoms with Crippen molar-refractivity contribution < 1.29 is 14.0 Å². The Morgan fingerprint density at radius 3 is 2.06 bits per heavy atom. The van der Waals surface area contributed by atoms with Gasteiger partial charge in [-0.25, -0.2) is 4.39 Å². The van der Waals surface area contributed by atoms with Crippen molar-refractivity contribution in [3.8, 4) is 0 Å². The second kappa shape index (κ2) is 9.00. The van der Waals surface area contributed by atoms with E-state index in [-0.39, 0.29) is 11.8 Å². The summed E-state index contributed by atoms with van der Waals surface area (Å²) < 4.78 is 14.1. The largest absolute Gasteiger partial charge is 0.323 e. The van der Waals surface area contributed by atoms with Crippen LogP contribution in [0.5, 0.6) is 0 Å². The number of rotatable bonds is 5. The Balaban J connectivity index is 1.75. The molecule has 32 heavy (non-hydrogen) atoms. The second-order valence-electron chi connectivity index (χ2n) is 6.67. The van der Waals surface area contributed by atoms with Crippen LogP contribution in [0, 0.1) is 11.2 Å². The fraction of sp³-hybridized carbons (Fsp3) is 0. The van der Waals surface area contributed by atoms with E-state index in [4.69, 9.17) is 5.41 Å². The molecule has 0 bridgehead atoms. The van der Waals surface area contributed by atoms with Crippen LogP contribution < -0.4 is 16.1 Å². The average Bonchev–Trinajstić information content (AvgIpc) is 2.83. The number of nitrogens with one attached hydrogen (secondary N) is 3. The molecule has 0 aliphatic carbocycles. The normalized spacial score (nSPS) is 10.4. The first-order chi connectivity index (χ1) is 15.5. The minimum absolute atomic E-state index is 0.0553. The molecule has 1 amide bonds. The molecule has 3 N–H and O–H groups in total. The Morgan fingerprint density at radius 2 is 1.44 bits per heavy atom. The van der Waals surface area contributed by atoms with Gasteiger partial charge in [0, 0.05) is 16.8 Å². The molecule has 9 heteroatoms.